The highest BCUT2D eigenvalue weighted by Crippen LogP contribution is 2.30. The summed E-state index contributed by atoms with van der Waals surface area (Å²) >= 11 is 0. The third-order valence-corrected chi connectivity index (χ3v) is 3.51. The van der Waals surface area contributed by atoms with Crippen LogP contribution in [0.2, 0.25) is 0 Å². The molecule has 1 aliphatic carbocycles. The molecule has 18 heavy (non-hydrogen) atoms. The number of nitrogens with one attached hydrogen (secondary N) is 1. The summed E-state index contributed by atoms with van der Waals surface area (Å²) in [5.74, 6) is -0.130. The third kappa shape index (κ3) is 3.09. The molecule has 1 fully saturated rings. The normalized spacial score (nSPS) is 17.0. The lowest BCUT2D eigenvalue weighted by Crippen LogP contribution is -2.47. The quantitative estimate of drug-likeness (QED) is 0.722. The monoisotopic (exact) mass is 248 g/mol. The van der Waals surface area contributed by atoms with Crippen LogP contribution in [0.4, 0.5) is 0 Å². The first-order valence-electron chi connectivity index (χ1n) is 6.43. The van der Waals surface area contributed by atoms with E-state index in [0.717, 1.165) is 31.2 Å². The van der Waals surface area contributed by atoms with Gasteiger partial charge >= 0.3 is 0 Å². The lowest BCUT2D eigenvalue weighted by Gasteiger charge is -2.36. The average Bonchev–Trinajstić information content (AvgIpc) is 2.35. The number of carbonyl (C=O) groups excluding carboxylic acids is 1. The van der Waals surface area contributed by atoms with Crippen molar-refractivity contribution in [1.29, 1.82) is 0 Å². The van der Waals surface area contributed by atoms with Crippen LogP contribution in [0, 0.1) is 0 Å². The number of hydrogen-bond donors (Lipinski definition) is 3. The van der Waals surface area contributed by atoms with E-state index >= 15 is 0 Å². The van der Waals surface area contributed by atoms with Crippen LogP contribution in [-0.2, 0) is 6.42 Å². The zero-order chi connectivity index (χ0) is 13.0. The van der Waals surface area contributed by atoms with Gasteiger partial charge in [0.05, 0.1) is 5.60 Å². The minimum Gasteiger partial charge on any atom is -0.388 e. The van der Waals surface area contributed by atoms with Gasteiger partial charge in [-0.1, -0.05) is 12.1 Å². The molecule has 0 unspecified atom stereocenters. The number of carbonyl (C=O) groups is 1. The molecule has 0 atom stereocenters. The van der Waals surface area contributed by atoms with E-state index in [-0.39, 0.29) is 5.91 Å². The number of aliphatic hydroxyl groups is 1. The Hall–Kier alpha value is -1.39. The molecule has 0 spiro atoms. The van der Waals surface area contributed by atoms with Crippen molar-refractivity contribution in [2.24, 2.45) is 5.73 Å². The number of rotatable bonds is 5. The zero-order valence-corrected chi connectivity index (χ0v) is 10.5. The standard InChI is InChI=1S/C14H20N2O2/c15-9-6-11-2-4-12(5-3-11)13(17)16-10-14(18)7-1-8-14/h2-5,18H,1,6-10,15H2,(H,16,17). The van der Waals surface area contributed by atoms with Crippen molar-refractivity contribution in [2.75, 3.05) is 13.1 Å². The van der Waals surface area contributed by atoms with Crippen molar-refractivity contribution in [3.8, 4) is 0 Å². The highest BCUT2D eigenvalue weighted by molar-refractivity contribution is 5.94. The molecular formula is C14H20N2O2. The Morgan fingerprint density at radius 1 is 1.33 bits per heavy atom. The molecule has 0 aliphatic heterocycles. The summed E-state index contributed by atoms with van der Waals surface area (Å²) < 4.78 is 0. The van der Waals surface area contributed by atoms with Crippen LogP contribution in [0.1, 0.15) is 35.2 Å². The van der Waals surface area contributed by atoms with Crippen molar-refractivity contribution in [3.63, 3.8) is 0 Å². The Balaban J connectivity index is 1.88. The largest absolute Gasteiger partial charge is 0.388 e. The van der Waals surface area contributed by atoms with E-state index in [2.05, 4.69) is 5.32 Å². The van der Waals surface area contributed by atoms with Crippen molar-refractivity contribution in [2.45, 2.75) is 31.3 Å². The second-order valence-corrected chi connectivity index (χ2v) is 5.00. The molecule has 4 heteroatoms. The van der Waals surface area contributed by atoms with E-state index in [0.29, 0.717) is 18.7 Å². The first-order valence-corrected chi connectivity index (χ1v) is 6.43. The van der Waals surface area contributed by atoms with Gasteiger partial charge in [0.2, 0.25) is 0 Å². The highest BCUT2D eigenvalue weighted by Gasteiger charge is 2.34. The van der Waals surface area contributed by atoms with Gasteiger partial charge in [-0.05, 0) is 49.9 Å². The summed E-state index contributed by atoms with van der Waals surface area (Å²) in [4.78, 5) is 11.9. The van der Waals surface area contributed by atoms with Crippen LogP contribution in [0.3, 0.4) is 0 Å². The minimum absolute atomic E-state index is 0.130. The fourth-order valence-electron chi connectivity index (χ4n) is 2.10. The maximum atomic E-state index is 11.9. The van der Waals surface area contributed by atoms with Crippen molar-refractivity contribution < 1.29 is 9.90 Å². The number of nitrogens with two attached hydrogens (primary N) is 1. The summed E-state index contributed by atoms with van der Waals surface area (Å²) in [6.07, 6.45) is 3.42. The van der Waals surface area contributed by atoms with Gasteiger partial charge in [0, 0.05) is 12.1 Å². The molecule has 0 saturated heterocycles. The Morgan fingerprint density at radius 3 is 2.50 bits per heavy atom. The average molecular weight is 248 g/mol. The molecule has 4 N–H and O–H groups in total. The van der Waals surface area contributed by atoms with Gasteiger partial charge in [0.1, 0.15) is 0 Å². The second kappa shape index (κ2) is 5.50. The van der Waals surface area contributed by atoms with Crippen LogP contribution in [-0.4, -0.2) is 29.7 Å². The molecule has 1 saturated carbocycles. The predicted octanol–water partition coefficient (Wildman–Crippen LogP) is 0.833. The van der Waals surface area contributed by atoms with Crippen LogP contribution >= 0.6 is 0 Å². The van der Waals surface area contributed by atoms with Crippen LogP contribution in [0.15, 0.2) is 24.3 Å². The van der Waals surface area contributed by atoms with E-state index in [9.17, 15) is 9.90 Å². The van der Waals surface area contributed by atoms with E-state index < -0.39 is 5.60 Å². The molecule has 1 amide bonds. The molecule has 0 aromatic heterocycles. The molecule has 4 nitrogen and oxygen atoms in total. The Labute approximate surface area is 107 Å². The molecule has 1 aromatic rings. The molecule has 2 rings (SSSR count). The van der Waals surface area contributed by atoms with E-state index in [1.807, 2.05) is 12.1 Å². The van der Waals surface area contributed by atoms with Crippen molar-refractivity contribution in [3.05, 3.63) is 35.4 Å². The molecule has 98 valence electrons. The second-order valence-electron chi connectivity index (χ2n) is 5.00. The summed E-state index contributed by atoms with van der Waals surface area (Å²) in [5, 5.41) is 12.7. The Morgan fingerprint density at radius 2 is 2.00 bits per heavy atom. The van der Waals surface area contributed by atoms with Crippen molar-refractivity contribution in [1.82, 2.24) is 5.32 Å². The number of benzene rings is 1. The fourth-order valence-corrected chi connectivity index (χ4v) is 2.10. The smallest absolute Gasteiger partial charge is 0.251 e. The Bertz CT molecular complexity index is 410. The van der Waals surface area contributed by atoms with Crippen LogP contribution in [0.25, 0.3) is 0 Å². The van der Waals surface area contributed by atoms with Crippen LogP contribution in [0.5, 0.6) is 0 Å². The molecule has 0 radical (unpaired) electrons. The SMILES string of the molecule is NCCc1ccc(C(=O)NCC2(O)CCC2)cc1. The summed E-state index contributed by atoms with van der Waals surface area (Å²) in [7, 11) is 0. The van der Waals surface area contributed by atoms with Gasteiger partial charge in [-0.25, -0.2) is 0 Å². The lowest BCUT2D eigenvalue weighted by molar-refractivity contribution is -0.0300. The fraction of sp³-hybridized carbons (Fsp3) is 0.500. The molecule has 1 aromatic carbocycles. The van der Waals surface area contributed by atoms with Gasteiger partial charge in [0.15, 0.2) is 0 Å². The number of amides is 1. The van der Waals surface area contributed by atoms with Gasteiger partial charge in [-0.3, -0.25) is 4.79 Å². The number of hydrogen-bond acceptors (Lipinski definition) is 3. The van der Waals surface area contributed by atoms with E-state index in [1.54, 1.807) is 12.1 Å². The molecular weight excluding hydrogens is 228 g/mol. The summed E-state index contributed by atoms with van der Waals surface area (Å²) in [6.45, 7) is 0.953. The Kier molecular flexibility index (Phi) is 3.99. The van der Waals surface area contributed by atoms with Gasteiger partial charge in [-0.2, -0.15) is 0 Å². The third-order valence-electron chi connectivity index (χ3n) is 3.51. The van der Waals surface area contributed by atoms with Gasteiger partial charge < -0.3 is 16.2 Å². The first kappa shape index (κ1) is 13.1. The van der Waals surface area contributed by atoms with Gasteiger partial charge in [0.25, 0.3) is 5.91 Å². The summed E-state index contributed by atoms with van der Waals surface area (Å²) in [5.41, 5.74) is 6.55. The maximum absolute atomic E-state index is 11.9. The highest BCUT2D eigenvalue weighted by atomic mass is 16.3. The summed E-state index contributed by atoms with van der Waals surface area (Å²) in [6, 6.07) is 7.43. The van der Waals surface area contributed by atoms with Crippen LogP contribution < -0.4 is 11.1 Å². The molecule has 0 heterocycles. The maximum Gasteiger partial charge on any atom is 0.251 e. The minimum atomic E-state index is -0.671. The van der Waals surface area contributed by atoms with E-state index in [4.69, 9.17) is 5.73 Å². The van der Waals surface area contributed by atoms with E-state index in [1.165, 1.54) is 0 Å². The zero-order valence-electron chi connectivity index (χ0n) is 10.5. The van der Waals surface area contributed by atoms with Gasteiger partial charge in [-0.15, -0.1) is 0 Å². The lowest BCUT2D eigenvalue weighted by atomic mass is 9.80. The first-order chi connectivity index (χ1) is 8.63. The topological polar surface area (TPSA) is 75.4 Å². The van der Waals surface area contributed by atoms with Crippen molar-refractivity contribution >= 4 is 5.91 Å². The molecule has 0 bridgehead atoms. The molecule has 1 aliphatic rings. The predicted molar refractivity (Wildman–Crippen MR) is 70.3 cm³/mol.